The summed E-state index contributed by atoms with van der Waals surface area (Å²) < 4.78 is 0. The monoisotopic (exact) mass is 386 g/mol. The summed E-state index contributed by atoms with van der Waals surface area (Å²) in [6.45, 7) is 4.63. The van der Waals surface area contributed by atoms with Gasteiger partial charge in [0, 0.05) is 29.7 Å². The molecule has 148 valence electrons. The lowest BCUT2D eigenvalue weighted by Crippen LogP contribution is -2.29. The number of fused-ring (bicyclic) bond motifs is 1. The van der Waals surface area contributed by atoms with E-state index in [1.807, 2.05) is 53.4 Å². The van der Waals surface area contributed by atoms with Crippen LogP contribution in [0.4, 0.5) is 11.4 Å². The van der Waals surface area contributed by atoms with Gasteiger partial charge in [-0.3, -0.25) is 9.59 Å². The first-order chi connectivity index (χ1) is 14.1. The molecule has 2 amide bonds. The average molecular weight is 386 g/mol. The molecule has 1 saturated heterocycles. The zero-order chi connectivity index (χ0) is 20.4. The van der Waals surface area contributed by atoms with Crippen molar-refractivity contribution in [1.29, 1.82) is 0 Å². The maximum Gasteiger partial charge on any atom is 0.229 e. The highest BCUT2D eigenvalue weighted by molar-refractivity contribution is 6.07. The Kier molecular flexibility index (Phi) is 5.34. The van der Waals surface area contributed by atoms with Gasteiger partial charge in [-0.1, -0.05) is 68.4 Å². The maximum atomic E-state index is 13.0. The molecule has 0 radical (unpaired) electrons. The third-order valence-corrected chi connectivity index (χ3v) is 5.78. The van der Waals surface area contributed by atoms with Crippen molar-refractivity contribution in [3.63, 3.8) is 0 Å². The molecule has 1 atom stereocenters. The van der Waals surface area contributed by atoms with Crippen molar-refractivity contribution in [2.75, 3.05) is 16.8 Å². The number of benzene rings is 3. The fourth-order valence-corrected chi connectivity index (χ4v) is 4.23. The molecule has 1 heterocycles. The average Bonchev–Trinajstić information content (AvgIpc) is 3.14. The summed E-state index contributed by atoms with van der Waals surface area (Å²) in [7, 11) is 0. The molecule has 1 aliphatic rings. The Morgan fingerprint density at radius 3 is 2.34 bits per heavy atom. The second kappa shape index (κ2) is 8.08. The summed E-state index contributed by atoms with van der Waals surface area (Å²) in [6, 6.07) is 20.1. The Hall–Kier alpha value is -3.14. The zero-order valence-corrected chi connectivity index (χ0v) is 16.9. The minimum atomic E-state index is -0.351. The summed E-state index contributed by atoms with van der Waals surface area (Å²) in [4.78, 5) is 27.7. The Morgan fingerprint density at radius 1 is 0.966 bits per heavy atom. The third-order valence-electron chi connectivity index (χ3n) is 5.78. The highest BCUT2D eigenvalue weighted by Crippen LogP contribution is 2.33. The van der Waals surface area contributed by atoms with Gasteiger partial charge in [-0.05, 0) is 35.4 Å². The second-order valence-corrected chi connectivity index (χ2v) is 7.55. The molecule has 3 aromatic rings. The quantitative estimate of drug-likeness (QED) is 0.674. The van der Waals surface area contributed by atoms with E-state index in [1.54, 1.807) is 0 Å². The lowest BCUT2D eigenvalue weighted by molar-refractivity contribution is -0.122. The molecule has 3 aromatic carbocycles. The van der Waals surface area contributed by atoms with E-state index < -0.39 is 0 Å². The van der Waals surface area contributed by atoms with Gasteiger partial charge in [-0.2, -0.15) is 0 Å². The number of hydrogen-bond acceptors (Lipinski definition) is 2. The van der Waals surface area contributed by atoms with E-state index in [4.69, 9.17) is 0 Å². The first kappa shape index (κ1) is 19.2. The number of amides is 2. The first-order valence-electron chi connectivity index (χ1n) is 10.3. The fourth-order valence-electron chi connectivity index (χ4n) is 4.23. The van der Waals surface area contributed by atoms with Crippen LogP contribution in [0.1, 0.15) is 31.4 Å². The summed E-state index contributed by atoms with van der Waals surface area (Å²) in [6.07, 6.45) is 1.97. The highest BCUT2D eigenvalue weighted by atomic mass is 16.2. The maximum absolute atomic E-state index is 13.0. The van der Waals surface area contributed by atoms with Gasteiger partial charge < -0.3 is 10.2 Å². The van der Waals surface area contributed by atoms with Gasteiger partial charge in [0.15, 0.2) is 0 Å². The minimum Gasteiger partial charge on any atom is -0.325 e. The number of carbonyl (C=O) groups is 2. The predicted molar refractivity (Wildman–Crippen MR) is 118 cm³/mol. The van der Waals surface area contributed by atoms with Crippen molar-refractivity contribution in [3.05, 3.63) is 71.8 Å². The van der Waals surface area contributed by atoms with Crippen LogP contribution in [-0.4, -0.2) is 18.4 Å². The number of rotatable bonds is 5. The van der Waals surface area contributed by atoms with Crippen LogP contribution in [0.2, 0.25) is 0 Å². The van der Waals surface area contributed by atoms with E-state index >= 15 is 0 Å². The Morgan fingerprint density at radius 2 is 1.62 bits per heavy atom. The molecule has 4 nitrogen and oxygen atoms in total. The van der Waals surface area contributed by atoms with Crippen LogP contribution < -0.4 is 10.2 Å². The highest BCUT2D eigenvalue weighted by Gasteiger charge is 2.36. The molecular weight excluding hydrogens is 360 g/mol. The van der Waals surface area contributed by atoms with Gasteiger partial charge in [0.25, 0.3) is 0 Å². The van der Waals surface area contributed by atoms with Crippen molar-refractivity contribution in [3.8, 4) is 0 Å². The molecule has 1 N–H and O–H groups in total. The third kappa shape index (κ3) is 3.63. The summed E-state index contributed by atoms with van der Waals surface area (Å²) in [5.41, 5.74) is 4.12. The van der Waals surface area contributed by atoms with E-state index in [0.29, 0.717) is 6.54 Å². The van der Waals surface area contributed by atoms with E-state index in [2.05, 4.69) is 31.3 Å². The van der Waals surface area contributed by atoms with Crippen molar-refractivity contribution in [2.45, 2.75) is 33.1 Å². The molecule has 0 aliphatic carbocycles. The van der Waals surface area contributed by atoms with E-state index in [1.165, 1.54) is 0 Å². The number of hydrogen-bond donors (Lipinski definition) is 1. The Bertz CT molecular complexity index is 1050. The van der Waals surface area contributed by atoms with Crippen LogP contribution in [0.3, 0.4) is 0 Å². The van der Waals surface area contributed by atoms with Gasteiger partial charge in [0.05, 0.1) is 5.92 Å². The van der Waals surface area contributed by atoms with Crippen molar-refractivity contribution >= 4 is 34.0 Å². The van der Waals surface area contributed by atoms with Crippen molar-refractivity contribution < 1.29 is 9.59 Å². The SMILES string of the molecule is CCc1cccc(CC)c1N1C[C@H](C(=O)Nc2cccc3ccccc23)CC1=O. The van der Waals surface area contributed by atoms with E-state index in [9.17, 15) is 9.59 Å². The molecule has 0 unspecified atom stereocenters. The number of carbonyl (C=O) groups excluding carboxylic acids is 2. The molecule has 1 fully saturated rings. The molecule has 29 heavy (non-hydrogen) atoms. The number of nitrogens with one attached hydrogen (secondary N) is 1. The minimum absolute atomic E-state index is 0.0265. The smallest absolute Gasteiger partial charge is 0.229 e. The lowest BCUT2D eigenvalue weighted by atomic mass is 10.0. The van der Waals surface area contributed by atoms with Gasteiger partial charge in [0.2, 0.25) is 11.8 Å². The van der Waals surface area contributed by atoms with Crippen molar-refractivity contribution in [2.24, 2.45) is 5.92 Å². The van der Waals surface area contributed by atoms with Crippen LogP contribution >= 0.6 is 0 Å². The predicted octanol–water partition coefficient (Wildman–Crippen LogP) is 4.96. The summed E-state index contributed by atoms with van der Waals surface area (Å²) >= 11 is 0. The molecule has 0 bridgehead atoms. The standard InChI is InChI=1S/C25H26N2O2/c1-3-17-10-7-11-18(4-2)24(17)27-16-20(15-23(27)28)25(29)26-22-14-8-12-19-9-5-6-13-21(19)22/h5-14,20H,3-4,15-16H2,1-2H3,(H,26,29)/t20-/m1/s1. The summed E-state index contributed by atoms with van der Waals surface area (Å²) in [5, 5.41) is 5.15. The zero-order valence-electron chi connectivity index (χ0n) is 16.9. The molecular formula is C25H26N2O2. The van der Waals surface area contributed by atoms with Crippen LogP contribution in [-0.2, 0) is 22.4 Å². The topological polar surface area (TPSA) is 49.4 Å². The Balaban J connectivity index is 1.58. The van der Waals surface area contributed by atoms with E-state index in [0.717, 1.165) is 46.1 Å². The largest absolute Gasteiger partial charge is 0.325 e. The van der Waals surface area contributed by atoms with Crippen LogP contribution in [0.5, 0.6) is 0 Å². The molecule has 4 rings (SSSR count). The van der Waals surface area contributed by atoms with Gasteiger partial charge in [-0.25, -0.2) is 0 Å². The first-order valence-corrected chi connectivity index (χ1v) is 10.3. The van der Waals surface area contributed by atoms with Gasteiger partial charge >= 0.3 is 0 Å². The normalized spacial score (nSPS) is 16.4. The number of anilines is 2. The van der Waals surface area contributed by atoms with Crippen LogP contribution in [0.25, 0.3) is 10.8 Å². The van der Waals surface area contributed by atoms with Crippen LogP contribution in [0, 0.1) is 5.92 Å². The number of para-hydroxylation sites is 1. The van der Waals surface area contributed by atoms with Crippen molar-refractivity contribution in [1.82, 2.24) is 0 Å². The molecule has 4 heteroatoms. The molecule has 1 aliphatic heterocycles. The Labute approximate surface area is 171 Å². The fraction of sp³-hybridized carbons (Fsp3) is 0.280. The second-order valence-electron chi connectivity index (χ2n) is 7.55. The summed E-state index contributed by atoms with van der Waals surface area (Å²) in [5.74, 6) is -0.418. The van der Waals surface area contributed by atoms with Crippen LogP contribution in [0.15, 0.2) is 60.7 Å². The number of aryl methyl sites for hydroxylation is 2. The molecule has 0 spiro atoms. The van der Waals surface area contributed by atoms with E-state index in [-0.39, 0.29) is 24.2 Å². The van der Waals surface area contributed by atoms with Gasteiger partial charge in [0.1, 0.15) is 0 Å². The molecule has 0 saturated carbocycles. The lowest BCUT2D eigenvalue weighted by Gasteiger charge is -2.23. The van der Waals surface area contributed by atoms with Gasteiger partial charge in [-0.15, -0.1) is 0 Å². The number of nitrogens with zero attached hydrogens (tertiary/aromatic N) is 1. The molecule has 0 aromatic heterocycles.